The lowest BCUT2D eigenvalue weighted by Crippen LogP contribution is -2.40. The van der Waals surface area contributed by atoms with Gasteiger partial charge in [-0.05, 0) is 44.4 Å². The normalized spacial score (nSPS) is 15.5. The molecule has 1 saturated heterocycles. The van der Waals surface area contributed by atoms with Gasteiger partial charge in [0, 0.05) is 30.8 Å². The van der Waals surface area contributed by atoms with Crippen LogP contribution in [0.1, 0.15) is 32.3 Å². The zero-order valence-corrected chi connectivity index (χ0v) is 15.9. The van der Waals surface area contributed by atoms with E-state index in [1.54, 1.807) is 38.2 Å². The summed E-state index contributed by atoms with van der Waals surface area (Å²) in [5.41, 5.74) is 1.67. The number of hydrogen-bond acceptors (Lipinski definition) is 5. The summed E-state index contributed by atoms with van der Waals surface area (Å²) in [4.78, 5) is 26.1. The maximum atomic E-state index is 12.6. The minimum absolute atomic E-state index is 0.0531. The lowest BCUT2D eigenvalue weighted by atomic mass is 9.96. The molecule has 0 aliphatic carbocycles. The van der Waals surface area contributed by atoms with Crippen molar-refractivity contribution in [1.29, 1.82) is 0 Å². The molecule has 0 unspecified atom stereocenters. The van der Waals surface area contributed by atoms with E-state index < -0.39 is 0 Å². The summed E-state index contributed by atoms with van der Waals surface area (Å²) in [7, 11) is 3.19. The van der Waals surface area contributed by atoms with Crippen LogP contribution in [0.3, 0.4) is 0 Å². The van der Waals surface area contributed by atoms with Crippen LogP contribution in [-0.2, 0) is 14.3 Å². The highest BCUT2D eigenvalue weighted by atomic mass is 16.5. The second-order valence-electron chi connectivity index (χ2n) is 6.25. The number of hydrogen-bond donors (Lipinski definition) is 0. The van der Waals surface area contributed by atoms with Crippen LogP contribution in [0.4, 0.5) is 0 Å². The van der Waals surface area contributed by atoms with Crippen LogP contribution in [0.5, 0.6) is 11.5 Å². The summed E-state index contributed by atoms with van der Waals surface area (Å²) in [6, 6.07) is 5.51. The summed E-state index contributed by atoms with van der Waals surface area (Å²) in [5, 5.41) is 0. The van der Waals surface area contributed by atoms with E-state index in [-0.39, 0.29) is 17.8 Å². The zero-order chi connectivity index (χ0) is 19.1. The Balaban J connectivity index is 2.04. The number of carbonyl (C=O) groups is 2. The molecule has 1 aromatic rings. The molecule has 2 rings (SSSR count). The summed E-state index contributed by atoms with van der Waals surface area (Å²) >= 11 is 0. The van der Waals surface area contributed by atoms with Crippen molar-refractivity contribution in [3.05, 3.63) is 29.8 Å². The van der Waals surface area contributed by atoms with Gasteiger partial charge in [0.2, 0.25) is 5.91 Å². The molecule has 142 valence electrons. The molecular formula is C20H27NO5. The monoisotopic (exact) mass is 361 g/mol. The molecule has 1 amide bonds. The van der Waals surface area contributed by atoms with Gasteiger partial charge in [0.25, 0.3) is 0 Å². The van der Waals surface area contributed by atoms with E-state index >= 15 is 0 Å². The molecule has 0 bridgehead atoms. The molecule has 6 nitrogen and oxygen atoms in total. The van der Waals surface area contributed by atoms with Crippen molar-refractivity contribution >= 4 is 17.4 Å². The number of rotatable bonds is 6. The number of esters is 1. The molecule has 0 aromatic heterocycles. The van der Waals surface area contributed by atoms with Gasteiger partial charge < -0.3 is 19.1 Å². The van der Waals surface area contributed by atoms with Crippen molar-refractivity contribution in [2.75, 3.05) is 33.9 Å². The molecule has 1 fully saturated rings. The molecule has 0 N–H and O–H groups in total. The maximum Gasteiger partial charge on any atom is 0.309 e. The quantitative estimate of drug-likeness (QED) is 0.576. The summed E-state index contributed by atoms with van der Waals surface area (Å²) in [6.45, 7) is 5.20. The summed E-state index contributed by atoms with van der Waals surface area (Å²) in [6.07, 6.45) is 2.90. The zero-order valence-electron chi connectivity index (χ0n) is 15.9. The van der Waals surface area contributed by atoms with Gasteiger partial charge in [-0.15, -0.1) is 0 Å². The lowest BCUT2D eigenvalue weighted by molar-refractivity contribution is -0.150. The van der Waals surface area contributed by atoms with Gasteiger partial charge in [0.1, 0.15) is 11.5 Å². The molecule has 6 heteroatoms. The Bertz CT molecular complexity index is 675. The number of benzene rings is 1. The fourth-order valence-corrected chi connectivity index (χ4v) is 3.07. The first-order valence-electron chi connectivity index (χ1n) is 8.86. The molecule has 0 radical (unpaired) electrons. The average molecular weight is 361 g/mol. The van der Waals surface area contributed by atoms with Gasteiger partial charge in [-0.1, -0.05) is 0 Å². The van der Waals surface area contributed by atoms with Crippen LogP contribution >= 0.6 is 0 Å². The maximum absolute atomic E-state index is 12.6. The minimum atomic E-state index is -0.158. The number of allylic oxidation sites excluding steroid dienone is 1. The molecule has 0 spiro atoms. The van der Waals surface area contributed by atoms with Gasteiger partial charge >= 0.3 is 5.97 Å². The fourth-order valence-electron chi connectivity index (χ4n) is 3.07. The van der Waals surface area contributed by atoms with Crippen molar-refractivity contribution in [3.63, 3.8) is 0 Å². The molecule has 1 aliphatic rings. The van der Waals surface area contributed by atoms with Crippen molar-refractivity contribution in [2.45, 2.75) is 26.7 Å². The van der Waals surface area contributed by atoms with Crippen LogP contribution < -0.4 is 9.47 Å². The number of ether oxygens (including phenoxy) is 3. The summed E-state index contributed by atoms with van der Waals surface area (Å²) in [5.74, 6) is 1.04. The number of methoxy groups -OCH3 is 2. The van der Waals surface area contributed by atoms with E-state index in [4.69, 9.17) is 14.2 Å². The Morgan fingerprint density at radius 2 is 1.88 bits per heavy atom. The third kappa shape index (κ3) is 4.77. The Morgan fingerprint density at radius 3 is 2.46 bits per heavy atom. The van der Waals surface area contributed by atoms with E-state index in [0.717, 1.165) is 11.1 Å². The predicted molar refractivity (Wildman–Crippen MR) is 99.1 cm³/mol. The molecule has 1 aliphatic heterocycles. The number of piperidine rings is 1. The Labute approximate surface area is 154 Å². The van der Waals surface area contributed by atoms with Gasteiger partial charge in [-0.2, -0.15) is 0 Å². The SMILES string of the molecule is CCOC(=O)C1CCN(C(=O)/C=C(\C)c2ccc(OC)cc2OC)CC1. The van der Waals surface area contributed by atoms with Crippen LogP contribution in [0, 0.1) is 5.92 Å². The van der Waals surface area contributed by atoms with Crippen LogP contribution in [0.2, 0.25) is 0 Å². The number of carbonyl (C=O) groups excluding carboxylic acids is 2. The Hall–Kier alpha value is -2.50. The first-order chi connectivity index (χ1) is 12.5. The predicted octanol–water partition coefficient (Wildman–Crippen LogP) is 2.91. The van der Waals surface area contributed by atoms with Gasteiger partial charge in [0.15, 0.2) is 0 Å². The molecular weight excluding hydrogens is 334 g/mol. The molecule has 0 saturated carbocycles. The standard InChI is InChI=1S/C20H27NO5/c1-5-26-20(23)15-8-10-21(11-9-15)19(22)12-14(2)17-7-6-16(24-3)13-18(17)25-4/h6-7,12-13,15H,5,8-11H2,1-4H3/b14-12+. The molecule has 1 aromatic carbocycles. The lowest BCUT2D eigenvalue weighted by Gasteiger charge is -2.30. The molecule has 1 heterocycles. The fraction of sp³-hybridized carbons (Fsp3) is 0.500. The van der Waals surface area contributed by atoms with Crippen molar-refractivity contribution in [3.8, 4) is 11.5 Å². The van der Waals surface area contributed by atoms with Gasteiger partial charge in [0.05, 0.1) is 26.7 Å². The van der Waals surface area contributed by atoms with E-state index in [1.807, 2.05) is 19.1 Å². The highest BCUT2D eigenvalue weighted by molar-refractivity contribution is 5.95. The molecule has 0 atom stereocenters. The van der Waals surface area contributed by atoms with E-state index in [0.29, 0.717) is 44.0 Å². The average Bonchev–Trinajstić information content (AvgIpc) is 2.67. The molecule has 26 heavy (non-hydrogen) atoms. The van der Waals surface area contributed by atoms with E-state index in [1.165, 1.54) is 0 Å². The largest absolute Gasteiger partial charge is 0.497 e. The summed E-state index contributed by atoms with van der Waals surface area (Å²) < 4.78 is 15.7. The second-order valence-corrected chi connectivity index (χ2v) is 6.25. The number of likely N-dealkylation sites (tertiary alicyclic amines) is 1. The van der Waals surface area contributed by atoms with E-state index in [2.05, 4.69) is 0 Å². The topological polar surface area (TPSA) is 65.1 Å². The number of nitrogens with zero attached hydrogens (tertiary/aromatic N) is 1. The first-order valence-corrected chi connectivity index (χ1v) is 8.86. The van der Waals surface area contributed by atoms with Crippen LogP contribution in [-0.4, -0.2) is 50.7 Å². The smallest absolute Gasteiger partial charge is 0.309 e. The highest BCUT2D eigenvalue weighted by Crippen LogP contribution is 2.30. The highest BCUT2D eigenvalue weighted by Gasteiger charge is 2.27. The minimum Gasteiger partial charge on any atom is -0.497 e. The van der Waals surface area contributed by atoms with Crippen LogP contribution in [0.15, 0.2) is 24.3 Å². The third-order valence-electron chi connectivity index (χ3n) is 4.60. The van der Waals surface area contributed by atoms with Crippen LogP contribution in [0.25, 0.3) is 5.57 Å². The van der Waals surface area contributed by atoms with Crippen molar-refractivity contribution < 1.29 is 23.8 Å². The Morgan fingerprint density at radius 1 is 1.19 bits per heavy atom. The van der Waals surface area contributed by atoms with Crippen molar-refractivity contribution in [1.82, 2.24) is 4.90 Å². The third-order valence-corrected chi connectivity index (χ3v) is 4.60. The first kappa shape index (κ1) is 19.8. The van der Waals surface area contributed by atoms with Gasteiger partial charge in [-0.25, -0.2) is 0 Å². The second kappa shape index (κ2) is 9.27. The van der Waals surface area contributed by atoms with Crippen molar-refractivity contribution in [2.24, 2.45) is 5.92 Å². The Kier molecular flexibility index (Phi) is 7.06. The number of amides is 1. The van der Waals surface area contributed by atoms with E-state index in [9.17, 15) is 9.59 Å². The van der Waals surface area contributed by atoms with Gasteiger partial charge in [-0.3, -0.25) is 9.59 Å².